The fourth-order valence-corrected chi connectivity index (χ4v) is 11.5. The topological polar surface area (TPSA) is 237 Å². The molecule has 19 heteroatoms. The zero-order chi connectivity index (χ0) is 65.0. The maximum Gasteiger partial charge on any atom is 0.472 e. The van der Waals surface area contributed by atoms with Crippen molar-refractivity contribution in [3.8, 4) is 0 Å². The number of aliphatic hydroxyl groups excluding tert-OH is 1. The summed E-state index contributed by atoms with van der Waals surface area (Å²) in [6.45, 7) is 9.35. The lowest BCUT2D eigenvalue weighted by Gasteiger charge is -2.21. The predicted octanol–water partition coefficient (Wildman–Crippen LogP) is 19.2. The van der Waals surface area contributed by atoms with Gasteiger partial charge in [-0.15, -0.1) is 0 Å². The van der Waals surface area contributed by atoms with E-state index in [9.17, 15) is 43.2 Å². The molecule has 0 fully saturated rings. The van der Waals surface area contributed by atoms with Gasteiger partial charge in [-0.25, -0.2) is 9.13 Å². The molecular formula is C69H130O17P2. The van der Waals surface area contributed by atoms with Crippen LogP contribution in [0.1, 0.15) is 324 Å². The Morgan fingerprint density at radius 1 is 0.352 bits per heavy atom. The van der Waals surface area contributed by atoms with Crippen LogP contribution in [0.5, 0.6) is 0 Å². The number of phosphoric acid groups is 2. The smallest absolute Gasteiger partial charge is 0.462 e. The van der Waals surface area contributed by atoms with Gasteiger partial charge in [0.05, 0.1) is 26.4 Å². The van der Waals surface area contributed by atoms with E-state index >= 15 is 0 Å². The molecule has 0 radical (unpaired) electrons. The van der Waals surface area contributed by atoms with Gasteiger partial charge >= 0.3 is 39.5 Å². The van der Waals surface area contributed by atoms with Gasteiger partial charge in [-0.3, -0.25) is 37.3 Å². The fourth-order valence-electron chi connectivity index (χ4n) is 9.87. The lowest BCUT2D eigenvalue weighted by Crippen LogP contribution is -2.30. The summed E-state index contributed by atoms with van der Waals surface area (Å²) in [5, 5.41) is 10.6. The van der Waals surface area contributed by atoms with Crippen LogP contribution in [0.2, 0.25) is 0 Å². The van der Waals surface area contributed by atoms with Gasteiger partial charge < -0.3 is 33.8 Å². The largest absolute Gasteiger partial charge is 0.472 e. The lowest BCUT2D eigenvalue weighted by atomic mass is 10.0. The molecule has 17 nitrogen and oxygen atoms in total. The van der Waals surface area contributed by atoms with Crippen molar-refractivity contribution in [3.63, 3.8) is 0 Å². The van der Waals surface area contributed by atoms with Gasteiger partial charge in [0.1, 0.15) is 19.3 Å². The summed E-state index contributed by atoms with van der Waals surface area (Å²) in [6, 6.07) is 0. The van der Waals surface area contributed by atoms with Crippen LogP contribution < -0.4 is 0 Å². The molecule has 0 rings (SSSR count). The molecule has 88 heavy (non-hydrogen) atoms. The molecule has 0 aliphatic heterocycles. The minimum Gasteiger partial charge on any atom is -0.462 e. The summed E-state index contributed by atoms with van der Waals surface area (Å²) in [4.78, 5) is 72.4. The first-order valence-corrected chi connectivity index (χ1v) is 38.3. The molecule has 0 saturated carbocycles. The Bertz CT molecular complexity index is 1810. The van der Waals surface area contributed by atoms with E-state index in [0.717, 1.165) is 109 Å². The summed E-state index contributed by atoms with van der Waals surface area (Å²) in [6.07, 6.45) is 48.2. The second-order valence-corrected chi connectivity index (χ2v) is 28.1. The Morgan fingerprint density at radius 3 is 0.932 bits per heavy atom. The first-order valence-electron chi connectivity index (χ1n) is 35.3. The number of aliphatic hydroxyl groups is 1. The first-order chi connectivity index (χ1) is 42.4. The second-order valence-electron chi connectivity index (χ2n) is 25.2. The SMILES string of the molecule is CCCCCC/C=C\C=C/CCCCCCCC(=O)O[C@H](COC(=O)CCCCCCCCCCCCCCC)COP(=O)(O)OC[C@@H](O)COP(=O)(O)OC[C@@H](COC(=O)CCCCCCCCCC(C)C)OC(=O)CCCCCCCCCC(C)C. The van der Waals surface area contributed by atoms with Crippen LogP contribution in [-0.4, -0.2) is 96.7 Å². The van der Waals surface area contributed by atoms with E-state index in [1.807, 2.05) is 0 Å². The Balaban J connectivity index is 5.28. The Hall–Kier alpha value is -2.46. The van der Waals surface area contributed by atoms with E-state index in [1.165, 1.54) is 122 Å². The Labute approximate surface area is 535 Å². The number of unbranched alkanes of at least 4 members (excludes halogenated alkanes) is 33. The van der Waals surface area contributed by atoms with Crippen molar-refractivity contribution in [3.05, 3.63) is 24.3 Å². The molecule has 518 valence electrons. The number of hydrogen-bond acceptors (Lipinski definition) is 15. The minimum absolute atomic E-state index is 0.0849. The van der Waals surface area contributed by atoms with E-state index in [4.69, 9.17) is 37.0 Å². The number of carbonyl (C=O) groups excluding carboxylic acids is 4. The van der Waals surface area contributed by atoms with E-state index in [1.54, 1.807) is 0 Å². The number of rotatable bonds is 66. The monoisotopic (exact) mass is 1290 g/mol. The molecule has 0 bridgehead atoms. The van der Waals surface area contributed by atoms with Crippen LogP contribution in [0.25, 0.3) is 0 Å². The zero-order valence-electron chi connectivity index (χ0n) is 56.5. The molecule has 3 N–H and O–H groups in total. The average Bonchev–Trinajstić information content (AvgIpc) is 3.56. The highest BCUT2D eigenvalue weighted by Crippen LogP contribution is 2.45. The van der Waals surface area contributed by atoms with Crippen LogP contribution in [0.4, 0.5) is 0 Å². The second kappa shape index (κ2) is 60.8. The third-order valence-corrected chi connectivity index (χ3v) is 17.2. The molecule has 0 aromatic rings. The van der Waals surface area contributed by atoms with Crippen molar-refractivity contribution in [2.24, 2.45) is 11.8 Å². The molecule has 0 heterocycles. The van der Waals surface area contributed by atoms with Gasteiger partial charge in [0.25, 0.3) is 0 Å². The summed E-state index contributed by atoms with van der Waals surface area (Å²) < 4.78 is 68.1. The molecule has 2 unspecified atom stereocenters. The number of hydrogen-bond donors (Lipinski definition) is 3. The van der Waals surface area contributed by atoms with Crippen LogP contribution in [0.3, 0.4) is 0 Å². The van der Waals surface area contributed by atoms with Gasteiger partial charge in [-0.1, -0.05) is 271 Å². The van der Waals surface area contributed by atoms with Crippen molar-refractivity contribution < 1.29 is 80.2 Å². The molecule has 0 aliphatic carbocycles. The maximum absolute atomic E-state index is 13.0. The average molecular weight is 1290 g/mol. The summed E-state index contributed by atoms with van der Waals surface area (Å²) >= 11 is 0. The number of carbonyl (C=O) groups is 4. The molecule has 0 aromatic carbocycles. The maximum atomic E-state index is 13.0. The summed E-state index contributed by atoms with van der Waals surface area (Å²) in [5.74, 6) is -0.762. The van der Waals surface area contributed by atoms with E-state index < -0.39 is 97.5 Å². The van der Waals surface area contributed by atoms with E-state index in [0.29, 0.717) is 37.5 Å². The number of ether oxygens (including phenoxy) is 4. The molecule has 0 spiro atoms. The zero-order valence-corrected chi connectivity index (χ0v) is 58.3. The van der Waals surface area contributed by atoms with Crippen molar-refractivity contribution in [1.82, 2.24) is 0 Å². The first kappa shape index (κ1) is 85.5. The molecule has 0 aromatic heterocycles. The van der Waals surface area contributed by atoms with Gasteiger partial charge in [-0.05, 0) is 63.2 Å². The Morgan fingerprint density at radius 2 is 0.614 bits per heavy atom. The summed E-state index contributed by atoms with van der Waals surface area (Å²) in [5.41, 5.74) is 0. The van der Waals surface area contributed by atoms with Gasteiger partial charge in [0, 0.05) is 25.7 Å². The number of phosphoric ester groups is 2. The van der Waals surface area contributed by atoms with Gasteiger partial charge in [-0.2, -0.15) is 0 Å². The highest BCUT2D eigenvalue weighted by molar-refractivity contribution is 7.47. The van der Waals surface area contributed by atoms with E-state index in [-0.39, 0.29) is 25.7 Å². The number of allylic oxidation sites excluding steroid dienone is 4. The van der Waals surface area contributed by atoms with Crippen molar-refractivity contribution >= 4 is 39.5 Å². The third kappa shape index (κ3) is 62.4. The van der Waals surface area contributed by atoms with Gasteiger partial charge in [0.15, 0.2) is 12.2 Å². The molecular weight excluding hydrogens is 1160 g/mol. The van der Waals surface area contributed by atoms with Crippen LogP contribution in [-0.2, 0) is 65.4 Å². The minimum atomic E-state index is -4.96. The third-order valence-electron chi connectivity index (χ3n) is 15.3. The fraction of sp³-hybridized carbons (Fsp3) is 0.884. The van der Waals surface area contributed by atoms with Crippen molar-refractivity contribution in [2.75, 3.05) is 39.6 Å². The standard InChI is InChI=1S/C69H130O17P2/c1-7-9-11-13-15-17-19-21-22-24-26-28-34-41-47-53-68(73)85-64(57-79-66(71)51-45-39-33-27-25-23-20-18-16-14-12-10-8-2)59-83-87(75,76)81-55-63(70)56-82-88(77,78)84-60-65(86-69(74)54-48-42-36-30-32-38-44-50-62(5)6)58-80-67(72)52-46-40-35-29-31-37-43-49-61(3)4/h17,19,21-22,61-65,70H,7-16,18,20,23-60H2,1-6H3,(H,75,76)(H,77,78)/b19-17-,22-21-/t63-,64-,65-/m1/s1. The van der Waals surface area contributed by atoms with Crippen LogP contribution in [0.15, 0.2) is 24.3 Å². The predicted molar refractivity (Wildman–Crippen MR) is 354 cm³/mol. The molecule has 0 amide bonds. The summed E-state index contributed by atoms with van der Waals surface area (Å²) in [7, 11) is -9.91. The quantitative estimate of drug-likeness (QED) is 0.0169. The van der Waals surface area contributed by atoms with Crippen molar-refractivity contribution in [1.29, 1.82) is 0 Å². The lowest BCUT2D eigenvalue weighted by molar-refractivity contribution is -0.161. The number of esters is 4. The van der Waals surface area contributed by atoms with Crippen molar-refractivity contribution in [2.45, 2.75) is 342 Å². The van der Waals surface area contributed by atoms with Crippen LogP contribution in [0, 0.1) is 11.8 Å². The van der Waals surface area contributed by atoms with Gasteiger partial charge in [0.2, 0.25) is 0 Å². The highest BCUT2D eigenvalue weighted by Gasteiger charge is 2.30. The van der Waals surface area contributed by atoms with Crippen LogP contribution >= 0.6 is 15.6 Å². The highest BCUT2D eigenvalue weighted by atomic mass is 31.2. The normalized spacial score (nSPS) is 14.4. The Kier molecular flexibility index (Phi) is 59.1. The molecule has 0 saturated heterocycles. The molecule has 0 aliphatic rings. The molecule has 5 atom stereocenters. The van der Waals surface area contributed by atoms with E-state index in [2.05, 4.69) is 65.8 Å².